The highest BCUT2D eigenvalue weighted by Crippen LogP contribution is 2.56. The van der Waals surface area contributed by atoms with Crippen molar-refractivity contribution in [3.8, 4) is 0 Å². The number of nitrogens with zero attached hydrogens (tertiary/aromatic N) is 2. The molecule has 1 aromatic carbocycles. The monoisotopic (exact) mass is 335 g/mol. The molecule has 1 aliphatic heterocycles. The normalized spacial score (nSPS) is 18.2. The van der Waals surface area contributed by atoms with E-state index in [2.05, 4.69) is 0 Å². The molecule has 0 radical (unpaired) electrons. The highest BCUT2D eigenvalue weighted by Gasteiger charge is 2.24. The third-order valence-corrected chi connectivity index (χ3v) is 4.25. The lowest BCUT2D eigenvalue weighted by atomic mass is 10.2. The van der Waals surface area contributed by atoms with Crippen molar-refractivity contribution in [2.45, 2.75) is 18.7 Å². The topological polar surface area (TPSA) is 49.6 Å². The molecular weight excluding hydrogens is 315 g/mol. The fourth-order valence-electron chi connectivity index (χ4n) is 2.50. The Morgan fingerprint density at radius 1 is 1.27 bits per heavy atom. The first kappa shape index (κ1) is 17.0. The van der Waals surface area contributed by atoms with Gasteiger partial charge in [0.2, 0.25) is 17.1 Å². The van der Waals surface area contributed by atoms with E-state index in [0.717, 1.165) is 5.69 Å². The summed E-state index contributed by atoms with van der Waals surface area (Å²) in [7, 11) is 0. The number of piperazine rings is 1. The number of hydrogen-bond acceptors (Lipinski definition) is 3. The number of anilines is 1. The molecule has 2 N–H and O–H groups in total. The van der Waals surface area contributed by atoms with Crippen molar-refractivity contribution in [3.05, 3.63) is 29.8 Å². The van der Waals surface area contributed by atoms with Gasteiger partial charge in [0.25, 0.3) is 0 Å². The Balaban J connectivity index is 1.99. The minimum absolute atomic E-state index is 0.0888. The molecule has 0 bridgehead atoms. The molecule has 0 aliphatic carbocycles. The van der Waals surface area contributed by atoms with E-state index >= 15 is 0 Å². The second-order valence-electron chi connectivity index (χ2n) is 5.42. The van der Waals surface area contributed by atoms with Crippen molar-refractivity contribution in [1.29, 1.82) is 0 Å². The molecule has 1 amide bonds. The largest absolute Gasteiger partial charge is 0.368 e. The quantitative estimate of drug-likeness (QED) is 0.920. The fourth-order valence-corrected chi connectivity index (χ4v) is 3.06. The summed E-state index contributed by atoms with van der Waals surface area (Å²) in [5, 5.41) is 0. The zero-order chi connectivity index (χ0) is 16.3. The Morgan fingerprint density at radius 2 is 1.91 bits per heavy atom. The first-order valence-electron chi connectivity index (χ1n) is 7.04. The summed E-state index contributed by atoms with van der Waals surface area (Å²) >= 11 is -5.04. The van der Waals surface area contributed by atoms with Crippen molar-refractivity contribution in [1.82, 2.24) is 4.90 Å². The maximum atomic E-state index is 12.5. The maximum absolute atomic E-state index is 12.5. The highest BCUT2D eigenvalue weighted by atomic mass is 32.3. The number of amides is 1. The average Bonchev–Trinajstić information content (AvgIpc) is 2.45. The molecule has 124 valence electrons. The average molecular weight is 335 g/mol. The molecule has 0 saturated carbocycles. The minimum atomic E-state index is -5.04. The molecule has 1 aliphatic rings. The number of carbonyl (C=O) groups is 1. The first-order valence-corrected chi connectivity index (χ1v) is 8.55. The predicted octanol–water partition coefficient (Wildman–Crippen LogP) is 2.64. The number of nitrogens with two attached hydrogens (primary N) is 1. The second kappa shape index (κ2) is 6.78. The summed E-state index contributed by atoms with van der Waals surface area (Å²) in [6.07, 6.45) is 0. The SMILES string of the molecule is C[C@@H](N)C(=O)N1CCN(c2cccc(CS(F)(F)F)c2)CC1. The zero-order valence-electron chi connectivity index (χ0n) is 12.3. The van der Waals surface area contributed by atoms with Crippen LogP contribution in [0.3, 0.4) is 0 Å². The van der Waals surface area contributed by atoms with Crippen LogP contribution in [0.25, 0.3) is 0 Å². The molecule has 1 heterocycles. The van der Waals surface area contributed by atoms with Gasteiger partial charge in [-0.05, 0) is 24.6 Å². The number of rotatable bonds is 4. The van der Waals surface area contributed by atoms with E-state index < -0.39 is 23.0 Å². The molecular formula is C14H20F3N3OS. The van der Waals surface area contributed by atoms with Crippen LogP contribution < -0.4 is 10.6 Å². The van der Waals surface area contributed by atoms with Gasteiger partial charge in [0, 0.05) is 31.9 Å². The Kier molecular flexibility index (Phi) is 5.23. The van der Waals surface area contributed by atoms with Gasteiger partial charge in [-0.25, -0.2) is 0 Å². The van der Waals surface area contributed by atoms with Gasteiger partial charge in [-0.2, -0.15) is 0 Å². The van der Waals surface area contributed by atoms with Gasteiger partial charge in [-0.3, -0.25) is 4.79 Å². The van der Waals surface area contributed by atoms with Crippen LogP contribution in [0.15, 0.2) is 24.3 Å². The van der Waals surface area contributed by atoms with E-state index in [9.17, 15) is 16.5 Å². The summed E-state index contributed by atoms with van der Waals surface area (Å²) < 4.78 is 37.6. The van der Waals surface area contributed by atoms with Crippen LogP contribution in [0, 0.1) is 0 Å². The summed E-state index contributed by atoms with van der Waals surface area (Å²) in [6, 6.07) is 6.02. The first-order chi connectivity index (χ1) is 10.3. The minimum Gasteiger partial charge on any atom is -0.368 e. The molecule has 1 aromatic rings. The molecule has 1 saturated heterocycles. The van der Waals surface area contributed by atoms with Crippen molar-refractivity contribution in [2.24, 2.45) is 5.73 Å². The van der Waals surface area contributed by atoms with E-state index in [1.807, 2.05) is 4.90 Å². The van der Waals surface area contributed by atoms with E-state index in [1.54, 1.807) is 30.0 Å². The van der Waals surface area contributed by atoms with Gasteiger partial charge >= 0.3 is 0 Å². The van der Waals surface area contributed by atoms with E-state index in [1.165, 1.54) is 6.07 Å². The van der Waals surface area contributed by atoms with Crippen LogP contribution in [0.5, 0.6) is 0 Å². The van der Waals surface area contributed by atoms with Crippen LogP contribution in [0.4, 0.5) is 17.3 Å². The van der Waals surface area contributed by atoms with E-state index in [-0.39, 0.29) is 11.5 Å². The zero-order valence-corrected chi connectivity index (χ0v) is 13.2. The molecule has 0 spiro atoms. The molecule has 0 unspecified atom stereocenters. The molecule has 8 heteroatoms. The van der Waals surface area contributed by atoms with Gasteiger partial charge < -0.3 is 15.5 Å². The maximum Gasteiger partial charge on any atom is 0.239 e. The van der Waals surface area contributed by atoms with Crippen LogP contribution in [0.2, 0.25) is 0 Å². The molecule has 1 fully saturated rings. The Labute approximate surface area is 130 Å². The smallest absolute Gasteiger partial charge is 0.239 e. The van der Waals surface area contributed by atoms with Crippen LogP contribution in [-0.2, 0) is 10.5 Å². The van der Waals surface area contributed by atoms with Gasteiger partial charge in [0.05, 0.1) is 11.8 Å². The van der Waals surface area contributed by atoms with Gasteiger partial charge in [-0.1, -0.05) is 12.1 Å². The molecule has 2 rings (SSSR count). The Bertz CT molecular complexity index is 528. The Hall–Kier alpha value is -1.41. The van der Waals surface area contributed by atoms with Gasteiger partial charge in [-0.15, -0.1) is 11.7 Å². The standard InChI is InChI=1S/C14H20F3N3OS/c1-11(18)14(21)20-7-5-19(6-8-20)13-4-2-3-12(9-13)10-22(15,16)17/h2-4,9,11H,5-8,10,18H2,1H3/t11-/m1/s1. The van der Waals surface area contributed by atoms with Crippen LogP contribution in [-0.4, -0.2) is 43.0 Å². The fraction of sp³-hybridized carbons (Fsp3) is 0.500. The van der Waals surface area contributed by atoms with E-state index in [0.29, 0.717) is 26.2 Å². The van der Waals surface area contributed by atoms with Crippen LogP contribution >= 0.6 is 11.2 Å². The summed E-state index contributed by atoms with van der Waals surface area (Å²) in [4.78, 5) is 15.5. The second-order valence-corrected chi connectivity index (χ2v) is 6.71. The predicted molar refractivity (Wildman–Crippen MR) is 83.5 cm³/mol. The number of halogens is 3. The Morgan fingerprint density at radius 3 is 2.45 bits per heavy atom. The number of benzene rings is 1. The van der Waals surface area contributed by atoms with Gasteiger partial charge in [0.15, 0.2) is 0 Å². The summed E-state index contributed by atoms with van der Waals surface area (Å²) in [6.45, 7) is 3.92. The van der Waals surface area contributed by atoms with Crippen molar-refractivity contribution < 1.29 is 16.5 Å². The number of carbonyl (C=O) groups excluding carboxylic acids is 1. The van der Waals surface area contributed by atoms with Crippen molar-refractivity contribution >= 4 is 22.8 Å². The van der Waals surface area contributed by atoms with Crippen molar-refractivity contribution in [3.63, 3.8) is 0 Å². The van der Waals surface area contributed by atoms with Crippen molar-refractivity contribution in [2.75, 3.05) is 31.1 Å². The van der Waals surface area contributed by atoms with Gasteiger partial charge in [0.1, 0.15) is 0 Å². The molecule has 1 atom stereocenters. The van der Waals surface area contributed by atoms with E-state index in [4.69, 9.17) is 5.73 Å². The lowest BCUT2D eigenvalue weighted by molar-refractivity contribution is -0.132. The lowest BCUT2D eigenvalue weighted by Gasteiger charge is -2.37. The summed E-state index contributed by atoms with van der Waals surface area (Å²) in [5.74, 6) is -0.932. The lowest BCUT2D eigenvalue weighted by Crippen LogP contribution is -2.52. The number of hydrogen-bond donors (Lipinski definition) is 1. The highest BCUT2D eigenvalue weighted by molar-refractivity contribution is 8.20. The third-order valence-electron chi connectivity index (χ3n) is 3.59. The summed E-state index contributed by atoms with van der Waals surface area (Å²) in [5.41, 5.74) is 6.64. The molecule has 22 heavy (non-hydrogen) atoms. The molecule has 0 aromatic heterocycles. The third kappa shape index (κ3) is 4.54. The van der Waals surface area contributed by atoms with Crippen LogP contribution in [0.1, 0.15) is 12.5 Å². The molecule has 4 nitrogen and oxygen atoms in total.